The number of methoxy groups -OCH3 is 1. The number of aromatic carboxylic acids is 1. The van der Waals surface area contributed by atoms with Gasteiger partial charge in [0.05, 0.1) is 7.11 Å². The number of hydrogen-bond acceptors (Lipinski definition) is 4. The minimum Gasteiger partial charge on any atom is -0.497 e. The summed E-state index contributed by atoms with van der Waals surface area (Å²) < 4.78 is 18.9. The maximum atomic E-state index is 13.9. The number of benzene rings is 1. The van der Waals surface area contributed by atoms with E-state index in [1.54, 1.807) is 24.3 Å². The average molecular weight is 248 g/mol. The summed E-state index contributed by atoms with van der Waals surface area (Å²) in [5.74, 6) is -1.86. The van der Waals surface area contributed by atoms with E-state index in [-0.39, 0.29) is 5.69 Å². The molecule has 92 valence electrons. The molecule has 6 heteroatoms. The van der Waals surface area contributed by atoms with Gasteiger partial charge in [-0.15, -0.1) is 0 Å². The minimum atomic E-state index is -1.43. The number of nitrogens with zero attached hydrogens (tertiary/aromatic N) is 2. The van der Waals surface area contributed by atoms with Crippen molar-refractivity contribution >= 4 is 5.97 Å². The van der Waals surface area contributed by atoms with Gasteiger partial charge >= 0.3 is 5.97 Å². The molecule has 0 radical (unpaired) electrons. The summed E-state index contributed by atoms with van der Waals surface area (Å²) in [5.41, 5.74) is -0.291. The van der Waals surface area contributed by atoms with Gasteiger partial charge in [-0.2, -0.15) is 0 Å². The predicted octanol–water partition coefficient (Wildman–Crippen LogP) is 1.99. The Morgan fingerprint density at radius 2 is 2.17 bits per heavy atom. The number of carbonyl (C=O) groups is 1. The molecular weight excluding hydrogens is 239 g/mol. The fourth-order valence-electron chi connectivity index (χ4n) is 1.49. The number of carboxylic acid groups (broad SMARTS) is 1. The van der Waals surface area contributed by atoms with Crippen molar-refractivity contribution < 1.29 is 19.0 Å². The Hall–Kier alpha value is -2.50. The van der Waals surface area contributed by atoms with Gasteiger partial charge in [-0.05, 0) is 12.1 Å². The maximum Gasteiger partial charge on any atom is 0.357 e. The van der Waals surface area contributed by atoms with Crippen LogP contribution < -0.4 is 4.74 Å². The van der Waals surface area contributed by atoms with Crippen molar-refractivity contribution in [3.05, 3.63) is 42.1 Å². The van der Waals surface area contributed by atoms with Crippen molar-refractivity contribution in [3.63, 3.8) is 0 Å². The predicted molar refractivity (Wildman–Crippen MR) is 60.9 cm³/mol. The number of halogens is 1. The Kier molecular flexibility index (Phi) is 3.18. The molecule has 0 aliphatic rings. The smallest absolute Gasteiger partial charge is 0.357 e. The molecule has 5 nitrogen and oxygen atoms in total. The van der Waals surface area contributed by atoms with Crippen LogP contribution in [0.2, 0.25) is 0 Å². The van der Waals surface area contributed by atoms with Crippen molar-refractivity contribution in [1.82, 2.24) is 9.97 Å². The molecule has 0 atom stereocenters. The molecule has 0 aliphatic heterocycles. The lowest BCUT2D eigenvalue weighted by Gasteiger charge is -2.05. The van der Waals surface area contributed by atoms with E-state index >= 15 is 0 Å². The first-order valence-electron chi connectivity index (χ1n) is 5.01. The summed E-state index contributed by atoms with van der Waals surface area (Å²) in [6, 6.07) is 6.54. The Labute approximate surface area is 102 Å². The topological polar surface area (TPSA) is 72.3 Å². The lowest BCUT2D eigenvalue weighted by Crippen LogP contribution is -2.06. The largest absolute Gasteiger partial charge is 0.497 e. The molecule has 1 aromatic carbocycles. The molecule has 1 N–H and O–H groups in total. The van der Waals surface area contributed by atoms with E-state index in [2.05, 4.69) is 9.97 Å². The fourth-order valence-corrected chi connectivity index (χ4v) is 1.49. The number of ether oxygens (including phenoxy) is 1. The highest BCUT2D eigenvalue weighted by Gasteiger charge is 2.18. The molecule has 0 saturated carbocycles. The quantitative estimate of drug-likeness (QED) is 0.899. The first-order chi connectivity index (χ1) is 8.63. The molecule has 18 heavy (non-hydrogen) atoms. The normalized spacial score (nSPS) is 10.1. The maximum absolute atomic E-state index is 13.9. The molecule has 0 bridgehead atoms. The number of aromatic nitrogens is 2. The Morgan fingerprint density at radius 1 is 1.39 bits per heavy atom. The van der Waals surface area contributed by atoms with E-state index < -0.39 is 17.5 Å². The second-order valence-electron chi connectivity index (χ2n) is 3.42. The highest BCUT2D eigenvalue weighted by atomic mass is 19.1. The minimum absolute atomic E-state index is 0.0682. The van der Waals surface area contributed by atoms with Crippen LogP contribution in [0.5, 0.6) is 5.75 Å². The van der Waals surface area contributed by atoms with Crippen molar-refractivity contribution in [1.29, 1.82) is 0 Å². The first-order valence-corrected chi connectivity index (χ1v) is 5.01. The van der Waals surface area contributed by atoms with Gasteiger partial charge in [0.2, 0.25) is 0 Å². The van der Waals surface area contributed by atoms with Crippen LogP contribution in [-0.2, 0) is 0 Å². The second kappa shape index (κ2) is 4.79. The van der Waals surface area contributed by atoms with Gasteiger partial charge < -0.3 is 9.84 Å². The van der Waals surface area contributed by atoms with E-state index in [0.717, 1.165) is 6.33 Å². The van der Waals surface area contributed by atoms with Crippen molar-refractivity contribution in [2.24, 2.45) is 0 Å². The molecule has 0 fully saturated rings. The zero-order valence-corrected chi connectivity index (χ0v) is 9.42. The lowest BCUT2D eigenvalue weighted by atomic mass is 10.1. The highest BCUT2D eigenvalue weighted by molar-refractivity contribution is 5.87. The zero-order valence-electron chi connectivity index (χ0n) is 9.42. The van der Waals surface area contributed by atoms with E-state index in [9.17, 15) is 9.18 Å². The van der Waals surface area contributed by atoms with Gasteiger partial charge in [0.25, 0.3) is 0 Å². The van der Waals surface area contributed by atoms with Gasteiger partial charge in [-0.25, -0.2) is 19.2 Å². The van der Waals surface area contributed by atoms with Crippen LogP contribution in [0, 0.1) is 5.82 Å². The van der Waals surface area contributed by atoms with E-state index in [1.165, 1.54) is 7.11 Å². The second-order valence-corrected chi connectivity index (χ2v) is 3.42. The van der Waals surface area contributed by atoms with Crippen molar-refractivity contribution in [2.75, 3.05) is 7.11 Å². The molecule has 2 rings (SSSR count). The summed E-state index contributed by atoms with van der Waals surface area (Å²) in [4.78, 5) is 17.9. The fraction of sp³-hybridized carbons (Fsp3) is 0.0833. The molecular formula is C12H9FN2O3. The molecule has 0 spiro atoms. The number of carboxylic acids is 1. The van der Waals surface area contributed by atoms with Crippen molar-refractivity contribution in [2.45, 2.75) is 0 Å². The van der Waals surface area contributed by atoms with Crippen LogP contribution in [0.25, 0.3) is 11.3 Å². The monoisotopic (exact) mass is 248 g/mol. The summed E-state index contributed by atoms with van der Waals surface area (Å²) in [5, 5.41) is 8.78. The molecule has 1 aromatic heterocycles. The Morgan fingerprint density at radius 3 is 2.83 bits per heavy atom. The third-order valence-corrected chi connectivity index (χ3v) is 2.34. The Balaban J connectivity index is 2.57. The molecule has 0 amide bonds. The Bertz CT molecular complexity index is 602. The van der Waals surface area contributed by atoms with Gasteiger partial charge in [-0.3, -0.25) is 0 Å². The van der Waals surface area contributed by atoms with Crippen LogP contribution in [0.1, 0.15) is 10.5 Å². The van der Waals surface area contributed by atoms with Gasteiger partial charge in [-0.1, -0.05) is 12.1 Å². The van der Waals surface area contributed by atoms with Crippen LogP contribution in [-0.4, -0.2) is 28.2 Å². The van der Waals surface area contributed by atoms with Crippen molar-refractivity contribution in [3.8, 4) is 17.0 Å². The summed E-state index contributed by atoms with van der Waals surface area (Å²) in [6.45, 7) is 0. The highest BCUT2D eigenvalue weighted by Crippen LogP contribution is 2.25. The van der Waals surface area contributed by atoms with Crippen LogP contribution in [0.15, 0.2) is 30.6 Å². The van der Waals surface area contributed by atoms with Crippen LogP contribution in [0.3, 0.4) is 0 Å². The van der Waals surface area contributed by atoms with Gasteiger partial charge in [0.15, 0.2) is 11.5 Å². The van der Waals surface area contributed by atoms with Gasteiger partial charge in [0, 0.05) is 5.56 Å². The standard InChI is InChI=1S/C12H9FN2O3/c1-18-8-4-2-3-7(5-8)10-9(13)11(12(16)17)15-6-14-10/h2-6H,1H3,(H,16,17). The van der Waals surface area contributed by atoms with Crippen LogP contribution in [0.4, 0.5) is 4.39 Å². The molecule has 0 unspecified atom stereocenters. The zero-order chi connectivity index (χ0) is 13.1. The molecule has 0 saturated heterocycles. The SMILES string of the molecule is COc1cccc(-c2ncnc(C(=O)O)c2F)c1. The number of hydrogen-bond donors (Lipinski definition) is 1. The summed E-state index contributed by atoms with van der Waals surface area (Å²) >= 11 is 0. The average Bonchev–Trinajstić information content (AvgIpc) is 2.38. The molecule has 1 heterocycles. The summed E-state index contributed by atoms with van der Waals surface area (Å²) in [7, 11) is 1.48. The van der Waals surface area contributed by atoms with Gasteiger partial charge in [0.1, 0.15) is 17.8 Å². The summed E-state index contributed by atoms with van der Waals surface area (Å²) in [6.07, 6.45) is 1.02. The van der Waals surface area contributed by atoms with Crippen LogP contribution >= 0.6 is 0 Å². The molecule has 2 aromatic rings. The first kappa shape index (κ1) is 12.0. The third kappa shape index (κ3) is 2.13. The van der Waals surface area contributed by atoms with E-state index in [4.69, 9.17) is 9.84 Å². The van der Waals surface area contributed by atoms with E-state index in [0.29, 0.717) is 11.3 Å². The van der Waals surface area contributed by atoms with E-state index in [1.807, 2.05) is 0 Å². The molecule has 0 aliphatic carbocycles. The third-order valence-electron chi connectivity index (χ3n) is 2.34. The number of rotatable bonds is 3. The lowest BCUT2D eigenvalue weighted by molar-refractivity contribution is 0.0684.